The van der Waals surface area contributed by atoms with Gasteiger partial charge in [0.15, 0.2) is 0 Å². The number of ether oxygens (including phenoxy) is 1. The summed E-state index contributed by atoms with van der Waals surface area (Å²) >= 11 is 3.34. The molecule has 0 saturated carbocycles. The van der Waals surface area contributed by atoms with Gasteiger partial charge in [-0.2, -0.15) is 0 Å². The van der Waals surface area contributed by atoms with Crippen LogP contribution in [-0.4, -0.2) is 50.9 Å². The zero-order valence-corrected chi connectivity index (χ0v) is 28.8. The van der Waals surface area contributed by atoms with E-state index in [0.717, 1.165) is 22.7 Å². The average molecular weight is 725 g/mol. The smallest absolute Gasteiger partial charge is 0.264 e. The number of amides is 2. The SMILES string of the molecule is CCCCNC(=O)C(Cc1ccccc1)N(Cc1ccccc1F)C(=O)CN(c1ccc(OCC)cc1)S(=O)(=O)c1ccc(Br)cc1. The van der Waals surface area contributed by atoms with Crippen LogP contribution in [0.2, 0.25) is 0 Å². The summed E-state index contributed by atoms with van der Waals surface area (Å²) in [6.45, 7) is 3.77. The Kier molecular flexibility index (Phi) is 12.9. The number of carbonyl (C=O) groups excluding carboxylic acids is 2. The maximum Gasteiger partial charge on any atom is 0.264 e. The summed E-state index contributed by atoms with van der Waals surface area (Å²) in [6, 6.07) is 26.7. The van der Waals surface area contributed by atoms with Crippen LogP contribution in [0, 0.1) is 5.82 Å². The first-order valence-corrected chi connectivity index (χ1v) is 17.7. The van der Waals surface area contributed by atoms with E-state index in [0.29, 0.717) is 23.4 Å². The Morgan fingerprint density at radius 1 is 0.894 bits per heavy atom. The predicted octanol–water partition coefficient (Wildman–Crippen LogP) is 6.74. The van der Waals surface area contributed by atoms with Crippen molar-refractivity contribution in [3.8, 4) is 5.75 Å². The molecule has 2 amide bonds. The molecule has 0 aliphatic heterocycles. The van der Waals surface area contributed by atoms with E-state index in [-0.39, 0.29) is 29.1 Å². The van der Waals surface area contributed by atoms with E-state index in [9.17, 15) is 18.0 Å². The van der Waals surface area contributed by atoms with E-state index in [2.05, 4.69) is 21.2 Å². The Morgan fingerprint density at radius 3 is 2.19 bits per heavy atom. The number of nitrogens with one attached hydrogen (secondary N) is 1. The number of rotatable bonds is 16. The summed E-state index contributed by atoms with van der Waals surface area (Å²) in [6.07, 6.45) is 1.73. The molecular formula is C36H39BrFN3O5S. The highest BCUT2D eigenvalue weighted by molar-refractivity contribution is 9.10. The van der Waals surface area contributed by atoms with Crippen LogP contribution < -0.4 is 14.4 Å². The van der Waals surface area contributed by atoms with Crippen molar-refractivity contribution >= 4 is 43.5 Å². The molecule has 0 saturated heterocycles. The summed E-state index contributed by atoms with van der Waals surface area (Å²) in [5, 5.41) is 2.93. The first kappa shape index (κ1) is 35.6. The second-order valence-electron chi connectivity index (χ2n) is 10.9. The van der Waals surface area contributed by atoms with Gasteiger partial charge in [0.1, 0.15) is 24.2 Å². The maximum absolute atomic E-state index is 15.1. The molecule has 8 nitrogen and oxygen atoms in total. The van der Waals surface area contributed by atoms with E-state index in [1.807, 2.05) is 44.2 Å². The summed E-state index contributed by atoms with van der Waals surface area (Å²) in [5.41, 5.74) is 1.21. The third-order valence-corrected chi connectivity index (χ3v) is 9.83. The van der Waals surface area contributed by atoms with Crippen LogP contribution in [0.25, 0.3) is 0 Å². The monoisotopic (exact) mass is 723 g/mol. The Labute approximate surface area is 284 Å². The van der Waals surface area contributed by atoms with E-state index in [1.165, 1.54) is 23.1 Å². The molecule has 11 heteroatoms. The van der Waals surface area contributed by atoms with Gasteiger partial charge in [0, 0.05) is 29.5 Å². The molecule has 0 fully saturated rings. The molecule has 4 aromatic rings. The van der Waals surface area contributed by atoms with Crippen LogP contribution in [0.5, 0.6) is 5.75 Å². The van der Waals surface area contributed by atoms with E-state index >= 15 is 4.39 Å². The number of hydrogen-bond donors (Lipinski definition) is 1. The molecule has 0 spiro atoms. The zero-order chi connectivity index (χ0) is 33.8. The number of benzene rings is 4. The lowest BCUT2D eigenvalue weighted by Gasteiger charge is -2.34. The van der Waals surface area contributed by atoms with Crippen LogP contribution in [0.3, 0.4) is 0 Å². The molecule has 0 radical (unpaired) electrons. The van der Waals surface area contributed by atoms with E-state index in [1.54, 1.807) is 54.6 Å². The van der Waals surface area contributed by atoms with Crippen LogP contribution in [0.15, 0.2) is 112 Å². The lowest BCUT2D eigenvalue weighted by Crippen LogP contribution is -2.53. The fraction of sp³-hybridized carbons (Fsp3) is 0.278. The Balaban J connectivity index is 1.80. The van der Waals surface area contributed by atoms with Gasteiger partial charge in [-0.05, 0) is 73.5 Å². The van der Waals surface area contributed by atoms with Crippen molar-refractivity contribution in [2.24, 2.45) is 0 Å². The molecule has 248 valence electrons. The third kappa shape index (κ3) is 9.65. The lowest BCUT2D eigenvalue weighted by molar-refractivity contribution is -0.140. The number of anilines is 1. The minimum atomic E-state index is -4.28. The van der Waals surface area contributed by atoms with Crippen LogP contribution in [0.1, 0.15) is 37.8 Å². The molecule has 0 aliphatic carbocycles. The molecule has 0 bridgehead atoms. The summed E-state index contributed by atoms with van der Waals surface area (Å²) in [5.74, 6) is -1.08. The van der Waals surface area contributed by atoms with Gasteiger partial charge in [0.25, 0.3) is 10.0 Å². The minimum Gasteiger partial charge on any atom is -0.494 e. The first-order chi connectivity index (χ1) is 22.6. The first-order valence-electron chi connectivity index (χ1n) is 15.5. The summed E-state index contributed by atoms with van der Waals surface area (Å²) in [4.78, 5) is 29.6. The van der Waals surface area contributed by atoms with Crippen molar-refractivity contribution in [1.29, 1.82) is 0 Å². The van der Waals surface area contributed by atoms with Gasteiger partial charge in [-0.15, -0.1) is 0 Å². The number of sulfonamides is 1. The molecule has 0 heterocycles. The maximum atomic E-state index is 15.1. The van der Waals surface area contributed by atoms with Crippen molar-refractivity contribution in [3.63, 3.8) is 0 Å². The zero-order valence-electron chi connectivity index (χ0n) is 26.4. The average Bonchev–Trinajstić information content (AvgIpc) is 3.07. The second-order valence-corrected chi connectivity index (χ2v) is 13.6. The molecule has 1 atom stereocenters. The molecule has 0 aliphatic rings. The lowest BCUT2D eigenvalue weighted by atomic mass is 10.0. The minimum absolute atomic E-state index is 0.0267. The molecule has 4 aromatic carbocycles. The number of unbranched alkanes of at least 4 members (excludes halogenated alkanes) is 1. The second kappa shape index (κ2) is 17.1. The molecule has 1 unspecified atom stereocenters. The van der Waals surface area contributed by atoms with Gasteiger partial charge in [0.05, 0.1) is 17.2 Å². The van der Waals surface area contributed by atoms with Gasteiger partial charge < -0.3 is 15.0 Å². The van der Waals surface area contributed by atoms with Gasteiger partial charge in [-0.1, -0.05) is 77.8 Å². The van der Waals surface area contributed by atoms with E-state index in [4.69, 9.17) is 4.74 Å². The number of nitrogens with zero attached hydrogens (tertiary/aromatic N) is 2. The van der Waals surface area contributed by atoms with Crippen LogP contribution >= 0.6 is 15.9 Å². The van der Waals surface area contributed by atoms with Crippen molar-refractivity contribution in [2.75, 3.05) is 24.0 Å². The fourth-order valence-corrected chi connectivity index (χ4v) is 6.69. The van der Waals surface area contributed by atoms with Crippen molar-refractivity contribution in [1.82, 2.24) is 10.2 Å². The predicted molar refractivity (Wildman–Crippen MR) is 185 cm³/mol. The fourth-order valence-electron chi connectivity index (χ4n) is 5.01. The van der Waals surface area contributed by atoms with Crippen molar-refractivity contribution < 1.29 is 27.1 Å². The third-order valence-electron chi connectivity index (χ3n) is 7.52. The van der Waals surface area contributed by atoms with E-state index < -0.39 is 40.2 Å². The van der Waals surface area contributed by atoms with Crippen LogP contribution in [0.4, 0.5) is 10.1 Å². The molecule has 4 rings (SSSR count). The number of carbonyl (C=O) groups is 2. The summed E-state index contributed by atoms with van der Waals surface area (Å²) in [7, 11) is -4.28. The van der Waals surface area contributed by atoms with Gasteiger partial charge in [-0.25, -0.2) is 12.8 Å². The van der Waals surface area contributed by atoms with Crippen molar-refractivity contribution in [3.05, 3.63) is 125 Å². The Morgan fingerprint density at radius 2 is 1.55 bits per heavy atom. The standard InChI is InChI=1S/C36H39BrFN3O5S/c1-3-5-23-39-36(43)34(24-27-11-7-6-8-12-27)40(25-28-13-9-10-14-33(28)38)35(42)26-41(30-17-19-31(20-18-30)46-4-2)47(44,45)32-21-15-29(37)16-22-32/h6-22,34H,3-5,23-26H2,1-2H3,(H,39,43). The normalized spacial score (nSPS) is 11.8. The quantitative estimate of drug-likeness (QED) is 0.129. The summed E-state index contributed by atoms with van der Waals surface area (Å²) < 4.78 is 50.6. The number of halogens is 2. The molecule has 47 heavy (non-hydrogen) atoms. The molecular weight excluding hydrogens is 685 g/mol. The topological polar surface area (TPSA) is 96.0 Å². The molecule has 1 N–H and O–H groups in total. The van der Waals surface area contributed by atoms with Crippen LogP contribution in [-0.2, 0) is 32.6 Å². The highest BCUT2D eigenvalue weighted by Gasteiger charge is 2.35. The Bertz CT molecular complexity index is 1720. The molecule has 0 aromatic heterocycles. The Hall–Kier alpha value is -4.22. The van der Waals surface area contributed by atoms with Gasteiger partial charge in [-0.3, -0.25) is 13.9 Å². The van der Waals surface area contributed by atoms with Gasteiger partial charge >= 0.3 is 0 Å². The number of hydrogen-bond acceptors (Lipinski definition) is 5. The highest BCUT2D eigenvalue weighted by atomic mass is 79.9. The highest BCUT2D eigenvalue weighted by Crippen LogP contribution is 2.28. The largest absolute Gasteiger partial charge is 0.494 e. The van der Waals surface area contributed by atoms with Crippen molar-refractivity contribution in [2.45, 2.75) is 50.6 Å². The van der Waals surface area contributed by atoms with Gasteiger partial charge in [0.2, 0.25) is 11.8 Å².